The second-order valence-corrected chi connectivity index (χ2v) is 7.32. The van der Waals surface area contributed by atoms with E-state index in [1.807, 2.05) is 48.7 Å². The zero-order chi connectivity index (χ0) is 18.1. The quantitative estimate of drug-likeness (QED) is 0.756. The summed E-state index contributed by atoms with van der Waals surface area (Å²) in [7, 11) is 0. The number of hydrogen-bond donors (Lipinski definition) is 1. The van der Waals surface area contributed by atoms with E-state index in [0.717, 1.165) is 29.4 Å². The molecule has 1 aromatic carbocycles. The predicted octanol–water partition coefficient (Wildman–Crippen LogP) is 3.87. The van der Waals surface area contributed by atoms with Crippen LogP contribution in [-0.2, 0) is 11.3 Å². The first-order chi connectivity index (χ1) is 12.6. The summed E-state index contributed by atoms with van der Waals surface area (Å²) in [5.74, 6) is 1.26. The van der Waals surface area contributed by atoms with Crippen LogP contribution in [-0.4, -0.2) is 26.7 Å². The highest BCUT2D eigenvalue weighted by Crippen LogP contribution is 2.28. The predicted molar refractivity (Wildman–Crippen MR) is 99.7 cm³/mol. The molecule has 0 spiro atoms. The van der Waals surface area contributed by atoms with E-state index in [-0.39, 0.29) is 18.4 Å². The molecule has 0 radical (unpaired) electrons. The zero-order valence-electron chi connectivity index (χ0n) is 15.2. The molecule has 0 unspecified atom stereocenters. The Hall–Kier alpha value is -2.63. The van der Waals surface area contributed by atoms with E-state index in [1.165, 1.54) is 12.8 Å². The number of carbonyl (C=O) groups is 1. The lowest BCUT2D eigenvalue weighted by Gasteiger charge is -2.14. The summed E-state index contributed by atoms with van der Waals surface area (Å²) >= 11 is 0. The van der Waals surface area contributed by atoms with E-state index in [0.29, 0.717) is 17.8 Å². The maximum Gasteiger partial charge on any atom is 0.264 e. The molecule has 6 heteroatoms. The van der Waals surface area contributed by atoms with Crippen LogP contribution in [0.4, 0.5) is 0 Å². The largest absolute Gasteiger partial charge is 0.419 e. The first-order valence-electron chi connectivity index (χ1n) is 9.33. The molecule has 1 fully saturated rings. The molecule has 6 nitrogen and oxygen atoms in total. The number of para-hydroxylation sites is 1. The number of rotatable bonds is 5. The Bertz CT molecular complexity index is 919. The minimum atomic E-state index is 0.0306. The van der Waals surface area contributed by atoms with Gasteiger partial charge in [-0.15, -0.1) is 10.2 Å². The van der Waals surface area contributed by atoms with Gasteiger partial charge in [-0.25, -0.2) is 0 Å². The summed E-state index contributed by atoms with van der Waals surface area (Å²) in [6.07, 6.45) is 4.55. The fraction of sp³-hybridized carbons (Fsp3) is 0.450. The van der Waals surface area contributed by atoms with Crippen molar-refractivity contribution in [2.45, 2.75) is 58.0 Å². The van der Waals surface area contributed by atoms with Crippen molar-refractivity contribution < 1.29 is 9.21 Å². The molecule has 26 heavy (non-hydrogen) atoms. The summed E-state index contributed by atoms with van der Waals surface area (Å²) < 4.78 is 7.81. The fourth-order valence-electron chi connectivity index (χ4n) is 3.62. The molecule has 1 aliphatic carbocycles. The van der Waals surface area contributed by atoms with Crippen LogP contribution in [0.1, 0.15) is 51.3 Å². The summed E-state index contributed by atoms with van der Waals surface area (Å²) in [6, 6.07) is 10.3. The zero-order valence-corrected chi connectivity index (χ0v) is 15.2. The topological polar surface area (TPSA) is 73.0 Å². The molecule has 1 N–H and O–H groups in total. The first-order valence-corrected chi connectivity index (χ1v) is 9.33. The lowest BCUT2D eigenvalue weighted by Crippen LogP contribution is -2.35. The second kappa shape index (κ2) is 6.94. The van der Waals surface area contributed by atoms with Crippen LogP contribution in [0.3, 0.4) is 0 Å². The molecule has 3 aromatic rings. The molecule has 4 rings (SSSR count). The Kier molecular flexibility index (Phi) is 4.49. The number of nitrogens with zero attached hydrogens (tertiary/aromatic N) is 3. The second-order valence-electron chi connectivity index (χ2n) is 7.32. The highest BCUT2D eigenvalue weighted by molar-refractivity contribution is 5.88. The molecule has 0 bridgehead atoms. The first kappa shape index (κ1) is 16.8. The molecule has 1 aliphatic rings. The van der Waals surface area contributed by atoms with Gasteiger partial charge in [0.2, 0.25) is 11.8 Å². The molecule has 0 aliphatic heterocycles. The third-order valence-corrected chi connectivity index (χ3v) is 4.99. The number of aromatic nitrogens is 3. The van der Waals surface area contributed by atoms with E-state index in [1.54, 1.807) is 0 Å². The van der Waals surface area contributed by atoms with Gasteiger partial charge in [0, 0.05) is 22.9 Å². The van der Waals surface area contributed by atoms with Crippen molar-refractivity contribution in [3.8, 4) is 11.6 Å². The lowest BCUT2D eigenvalue weighted by molar-refractivity contribution is -0.122. The minimum absolute atomic E-state index is 0.0306. The normalized spacial score (nSPS) is 15.2. The van der Waals surface area contributed by atoms with Gasteiger partial charge in [-0.1, -0.05) is 44.9 Å². The van der Waals surface area contributed by atoms with Crippen molar-refractivity contribution in [1.82, 2.24) is 20.1 Å². The summed E-state index contributed by atoms with van der Waals surface area (Å²) in [5.41, 5.74) is 1.78. The van der Waals surface area contributed by atoms with Gasteiger partial charge < -0.3 is 14.3 Å². The SMILES string of the molecule is CC(C)c1nnc(-c2cc3ccccc3n2CC(=O)NC2CCCC2)o1. The van der Waals surface area contributed by atoms with Crippen molar-refractivity contribution in [3.63, 3.8) is 0 Å². The monoisotopic (exact) mass is 352 g/mol. The van der Waals surface area contributed by atoms with E-state index >= 15 is 0 Å². The number of amides is 1. The maximum atomic E-state index is 12.6. The summed E-state index contributed by atoms with van der Waals surface area (Å²) in [5, 5.41) is 12.6. The summed E-state index contributed by atoms with van der Waals surface area (Å²) in [6.45, 7) is 4.28. The average Bonchev–Trinajstić information content (AvgIpc) is 3.34. The third-order valence-electron chi connectivity index (χ3n) is 4.99. The van der Waals surface area contributed by atoms with Crippen LogP contribution >= 0.6 is 0 Å². The van der Waals surface area contributed by atoms with Crippen LogP contribution in [0.25, 0.3) is 22.5 Å². The molecule has 0 saturated heterocycles. The van der Waals surface area contributed by atoms with Gasteiger partial charge in [0.1, 0.15) is 12.2 Å². The van der Waals surface area contributed by atoms with Gasteiger partial charge >= 0.3 is 0 Å². The molecule has 1 amide bonds. The number of hydrogen-bond acceptors (Lipinski definition) is 4. The van der Waals surface area contributed by atoms with Crippen molar-refractivity contribution in [2.75, 3.05) is 0 Å². The van der Waals surface area contributed by atoms with Gasteiger partial charge in [0.05, 0.1) is 0 Å². The van der Waals surface area contributed by atoms with Crippen molar-refractivity contribution in [2.24, 2.45) is 0 Å². The number of carbonyl (C=O) groups excluding carboxylic acids is 1. The Morgan fingerprint density at radius 2 is 2.04 bits per heavy atom. The Morgan fingerprint density at radius 3 is 2.77 bits per heavy atom. The lowest BCUT2D eigenvalue weighted by atomic mass is 10.2. The van der Waals surface area contributed by atoms with E-state index < -0.39 is 0 Å². The van der Waals surface area contributed by atoms with Gasteiger partial charge in [-0.3, -0.25) is 4.79 Å². The van der Waals surface area contributed by atoms with Crippen molar-refractivity contribution in [3.05, 3.63) is 36.2 Å². The number of nitrogens with one attached hydrogen (secondary N) is 1. The van der Waals surface area contributed by atoms with Gasteiger partial charge in [-0.05, 0) is 25.0 Å². The van der Waals surface area contributed by atoms with Crippen molar-refractivity contribution >= 4 is 16.8 Å². The average molecular weight is 352 g/mol. The Labute approximate surface area is 152 Å². The molecular formula is C20H24N4O2. The highest BCUT2D eigenvalue weighted by atomic mass is 16.4. The van der Waals surface area contributed by atoms with Crippen LogP contribution < -0.4 is 5.32 Å². The Balaban J connectivity index is 1.68. The number of fused-ring (bicyclic) bond motifs is 1. The van der Waals surface area contributed by atoms with Gasteiger partial charge in [0.15, 0.2) is 0 Å². The van der Waals surface area contributed by atoms with Crippen LogP contribution in [0, 0.1) is 0 Å². The standard InChI is InChI=1S/C20H24N4O2/c1-13(2)19-22-23-20(26-19)17-11-14-7-3-6-10-16(14)24(17)12-18(25)21-15-8-4-5-9-15/h3,6-7,10-11,13,15H,4-5,8-9,12H2,1-2H3,(H,21,25). The Morgan fingerprint density at radius 1 is 1.27 bits per heavy atom. The van der Waals surface area contributed by atoms with E-state index in [4.69, 9.17) is 4.42 Å². The minimum Gasteiger partial charge on any atom is -0.419 e. The molecule has 2 heterocycles. The van der Waals surface area contributed by atoms with E-state index in [9.17, 15) is 4.79 Å². The van der Waals surface area contributed by atoms with Gasteiger partial charge in [-0.2, -0.15) is 0 Å². The number of benzene rings is 1. The third kappa shape index (κ3) is 3.23. The summed E-state index contributed by atoms with van der Waals surface area (Å²) in [4.78, 5) is 12.6. The maximum absolute atomic E-state index is 12.6. The fourth-order valence-corrected chi connectivity index (χ4v) is 3.62. The molecule has 136 valence electrons. The smallest absolute Gasteiger partial charge is 0.264 e. The van der Waals surface area contributed by atoms with Crippen molar-refractivity contribution in [1.29, 1.82) is 0 Å². The van der Waals surface area contributed by atoms with Gasteiger partial charge in [0.25, 0.3) is 5.89 Å². The molecule has 2 aromatic heterocycles. The highest BCUT2D eigenvalue weighted by Gasteiger charge is 2.21. The molecule has 1 saturated carbocycles. The van der Waals surface area contributed by atoms with E-state index in [2.05, 4.69) is 15.5 Å². The van der Waals surface area contributed by atoms with Crippen LogP contribution in [0.2, 0.25) is 0 Å². The van der Waals surface area contributed by atoms with Crippen LogP contribution in [0.5, 0.6) is 0 Å². The molecular weight excluding hydrogens is 328 g/mol. The molecule has 0 atom stereocenters. The van der Waals surface area contributed by atoms with Crippen LogP contribution in [0.15, 0.2) is 34.7 Å².